The fraction of sp³-hybridized carbons (Fsp3) is 0.571. The number of carbonyl (C=O) groups is 1. The molecule has 0 aliphatic carbocycles. The average molecular weight is 362 g/mol. The van der Waals surface area contributed by atoms with Crippen molar-refractivity contribution in [2.24, 2.45) is 0 Å². The molecule has 0 fully saturated rings. The monoisotopic (exact) mass is 362 g/mol. The number of hydrogen-bond donors (Lipinski definition) is 2. The third-order valence-electron chi connectivity index (χ3n) is 3.06. The first-order chi connectivity index (χ1) is 11.4. The van der Waals surface area contributed by atoms with E-state index in [1.54, 1.807) is 27.7 Å². The van der Waals surface area contributed by atoms with Crippen molar-refractivity contribution >= 4 is 17.2 Å². The standard InChI is InChI=1S/C14H17F3N4O4/c1-5-6(18-12(23)24-13(2,3)4)9-19-10(22)7-8(14(15,16)17)21-25-11(7)20-9/h6H,5H2,1-4H3,(H,18,23)(H,19,20,22). The Labute approximate surface area is 139 Å². The molecule has 25 heavy (non-hydrogen) atoms. The van der Waals surface area contributed by atoms with Crippen LogP contribution < -0.4 is 10.9 Å². The van der Waals surface area contributed by atoms with Crippen LogP contribution in [0.5, 0.6) is 0 Å². The Morgan fingerprint density at radius 2 is 2.00 bits per heavy atom. The van der Waals surface area contributed by atoms with Crippen LogP contribution in [0.4, 0.5) is 18.0 Å². The SMILES string of the molecule is CCC(NC(=O)OC(C)(C)C)c1nc2onc(C(F)(F)F)c2c(=O)[nH]1. The molecule has 2 heterocycles. The van der Waals surface area contributed by atoms with E-state index < -0.39 is 46.3 Å². The van der Waals surface area contributed by atoms with Crippen molar-refractivity contribution in [2.75, 3.05) is 0 Å². The molecule has 0 saturated carbocycles. The minimum atomic E-state index is -4.85. The van der Waals surface area contributed by atoms with Gasteiger partial charge in [-0.2, -0.15) is 18.2 Å². The molecule has 2 aromatic heterocycles. The number of fused-ring (bicyclic) bond motifs is 1. The third-order valence-corrected chi connectivity index (χ3v) is 3.06. The van der Waals surface area contributed by atoms with Crippen LogP contribution >= 0.6 is 0 Å². The van der Waals surface area contributed by atoms with Crippen molar-refractivity contribution in [2.45, 2.75) is 51.9 Å². The number of H-pyrrole nitrogens is 1. The van der Waals surface area contributed by atoms with Gasteiger partial charge in [0.2, 0.25) is 5.69 Å². The maximum atomic E-state index is 12.8. The summed E-state index contributed by atoms with van der Waals surface area (Å²) >= 11 is 0. The topological polar surface area (TPSA) is 110 Å². The van der Waals surface area contributed by atoms with Crippen LogP contribution in [0, 0.1) is 0 Å². The summed E-state index contributed by atoms with van der Waals surface area (Å²) < 4.78 is 48.1. The normalized spacial score (nSPS) is 13.7. The number of halogens is 3. The molecule has 0 aromatic carbocycles. The second kappa shape index (κ2) is 6.37. The van der Waals surface area contributed by atoms with E-state index in [1.807, 2.05) is 0 Å². The van der Waals surface area contributed by atoms with Gasteiger partial charge in [-0.25, -0.2) is 4.79 Å². The zero-order valence-corrected chi connectivity index (χ0v) is 13.9. The molecular weight excluding hydrogens is 345 g/mol. The van der Waals surface area contributed by atoms with Crippen molar-refractivity contribution in [3.63, 3.8) is 0 Å². The van der Waals surface area contributed by atoms with Crippen molar-refractivity contribution < 1.29 is 27.2 Å². The Kier molecular flexibility index (Phi) is 4.78. The second-order valence-electron chi connectivity index (χ2n) is 6.27. The molecule has 1 amide bonds. The lowest BCUT2D eigenvalue weighted by atomic mass is 10.2. The summed E-state index contributed by atoms with van der Waals surface area (Å²) in [5, 5.41) is 4.57. The summed E-state index contributed by atoms with van der Waals surface area (Å²) in [5.74, 6) is -0.0595. The van der Waals surface area contributed by atoms with Gasteiger partial charge < -0.3 is 19.6 Å². The summed E-state index contributed by atoms with van der Waals surface area (Å²) in [6.45, 7) is 6.71. The molecule has 138 valence electrons. The molecule has 0 aliphatic rings. The lowest BCUT2D eigenvalue weighted by Gasteiger charge is -2.22. The maximum absolute atomic E-state index is 12.8. The molecule has 1 unspecified atom stereocenters. The number of hydrogen-bond acceptors (Lipinski definition) is 6. The van der Waals surface area contributed by atoms with E-state index in [9.17, 15) is 22.8 Å². The van der Waals surface area contributed by atoms with E-state index in [2.05, 4.69) is 25.0 Å². The van der Waals surface area contributed by atoms with Gasteiger partial charge in [-0.1, -0.05) is 12.1 Å². The Bertz CT molecular complexity index is 835. The Hall–Kier alpha value is -2.59. The highest BCUT2D eigenvalue weighted by molar-refractivity contribution is 5.75. The van der Waals surface area contributed by atoms with Crippen LogP contribution in [0.15, 0.2) is 9.32 Å². The molecule has 0 radical (unpaired) electrons. The Morgan fingerprint density at radius 1 is 1.36 bits per heavy atom. The number of rotatable bonds is 3. The zero-order valence-electron chi connectivity index (χ0n) is 13.9. The fourth-order valence-corrected chi connectivity index (χ4v) is 2.05. The second-order valence-corrected chi connectivity index (χ2v) is 6.27. The number of nitrogens with zero attached hydrogens (tertiary/aromatic N) is 2. The first-order valence-corrected chi connectivity index (χ1v) is 7.38. The van der Waals surface area contributed by atoms with Crippen molar-refractivity contribution in [3.8, 4) is 0 Å². The molecule has 8 nitrogen and oxygen atoms in total. The van der Waals surface area contributed by atoms with Gasteiger partial charge in [-0.15, -0.1) is 0 Å². The Morgan fingerprint density at radius 3 is 2.52 bits per heavy atom. The number of alkyl halides is 3. The minimum Gasteiger partial charge on any atom is -0.444 e. The molecule has 11 heteroatoms. The summed E-state index contributed by atoms with van der Waals surface area (Å²) in [6.07, 6.45) is -5.30. The van der Waals surface area contributed by atoms with Gasteiger partial charge in [-0.3, -0.25) is 4.79 Å². The zero-order chi connectivity index (χ0) is 19.0. The fourth-order valence-electron chi connectivity index (χ4n) is 2.05. The maximum Gasteiger partial charge on any atom is 0.437 e. The van der Waals surface area contributed by atoms with Gasteiger partial charge >= 0.3 is 12.3 Å². The molecule has 0 aliphatic heterocycles. The number of aromatic amines is 1. The highest BCUT2D eigenvalue weighted by Crippen LogP contribution is 2.32. The van der Waals surface area contributed by atoms with E-state index in [0.717, 1.165) is 0 Å². The van der Waals surface area contributed by atoms with Crippen LogP contribution in [0.2, 0.25) is 0 Å². The quantitative estimate of drug-likeness (QED) is 0.869. The van der Waals surface area contributed by atoms with Crippen LogP contribution in [-0.4, -0.2) is 26.8 Å². The molecule has 1 atom stereocenters. The number of amides is 1. The van der Waals surface area contributed by atoms with Gasteiger partial charge in [0, 0.05) is 0 Å². The highest BCUT2D eigenvalue weighted by Gasteiger charge is 2.39. The lowest BCUT2D eigenvalue weighted by Crippen LogP contribution is -2.36. The van der Waals surface area contributed by atoms with Gasteiger partial charge in [0.25, 0.3) is 11.3 Å². The van der Waals surface area contributed by atoms with Crippen molar-refractivity contribution in [1.82, 2.24) is 20.4 Å². The van der Waals surface area contributed by atoms with E-state index in [4.69, 9.17) is 4.74 Å². The largest absolute Gasteiger partial charge is 0.444 e. The van der Waals surface area contributed by atoms with E-state index in [-0.39, 0.29) is 5.82 Å². The molecule has 0 spiro atoms. The first kappa shape index (κ1) is 18.7. The molecule has 2 aromatic rings. The lowest BCUT2D eigenvalue weighted by molar-refractivity contribution is -0.141. The third kappa shape index (κ3) is 4.28. The van der Waals surface area contributed by atoms with E-state index in [1.165, 1.54) is 0 Å². The summed E-state index contributed by atoms with van der Waals surface area (Å²) in [7, 11) is 0. The minimum absolute atomic E-state index is 0.0595. The molecule has 2 N–H and O–H groups in total. The Balaban J connectivity index is 2.37. The molecule has 0 saturated heterocycles. The molecule has 0 bridgehead atoms. The van der Waals surface area contributed by atoms with Crippen molar-refractivity contribution in [3.05, 3.63) is 21.9 Å². The number of aromatic nitrogens is 3. The van der Waals surface area contributed by atoms with Crippen LogP contribution in [0.25, 0.3) is 11.1 Å². The van der Waals surface area contributed by atoms with Gasteiger partial charge in [0.15, 0.2) is 0 Å². The van der Waals surface area contributed by atoms with E-state index >= 15 is 0 Å². The smallest absolute Gasteiger partial charge is 0.437 e. The average Bonchev–Trinajstić information content (AvgIpc) is 2.87. The van der Waals surface area contributed by atoms with E-state index in [0.29, 0.717) is 6.42 Å². The van der Waals surface area contributed by atoms with Crippen LogP contribution in [-0.2, 0) is 10.9 Å². The van der Waals surface area contributed by atoms with Gasteiger partial charge in [0.1, 0.15) is 16.8 Å². The molecular formula is C14H17F3N4O4. The summed E-state index contributed by atoms with van der Waals surface area (Å²) in [4.78, 5) is 29.9. The summed E-state index contributed by atoms with van der Waals surface area (Å²) in [5.41, 5.74) is -3.80. The first-order valence-electron chi connectivity index (χ1n) is 7.38. The highest BCUT2D eigenvalue weighted by atomic mass is 19.4. The van der Waals surface area contributed by atoms with Gasteiger partial charge in [0.05, 0.1) is 6.04 Å². The van der Waals surface area contributed by atoms with Gasteiger partial charge in [-0.05, 0) is 27.2 Å². The number of nitrogens with one attached hydrogen (secondary N) is 2. The number of alkyl carbamates (subject to hydrolysis) is 1. The van der Waals surface area contributed by atoms with Crippen LogP contribution in [0.1, 0.15) is 51.7 Å². The van der Waals surface area contributed by atoms with Crippen LogP contribution in [0.3, 0.4) is 0 Å². The number of ether oxygens (including phenoxy) is 1. The predicted octanol–water partition coefficient (Wildman–Crippen LogP) is 2.91. The van der Waals surface area contributed by atoms with Crippen molar-refractivity contribution in [1.29, 1.82) is 0 Å². The summed E-state index contributed by atoms with van der Waals surface area (Å²) in [6, 6.07) is -0.786. The molecule has 2 rings (SSSR count). The number of carbonyl (C=O) groups excluding carboxylic acids is 1. The predicted molar refractivity (Wildman–Crippen MR) is 79.8 cm³/mol.